The molecule has 3 atom stereocenters. The lowest BCUT2D eigenvalue weighted by Gasteiger charge is -2.24. The molecule has 1 saturated carbocycles. The van der Waals surface area contributed by atoms with Gasteiger partial charge < -0.3 is 14.0 Å². The maximum atomic E-state index is 13.5. The number of hydrogen-bond acceptors (Lipinski definition) is 5. The third kappa shape index (κ3) is 3.15. The van der Waals surface area contributed by atoms with Gasteiger partial charge in [0, 0.05) is 11.7 Å². The third-order valence-corrected chi connectivity index (χ3v) is 6.17. The number of aromatic nitrogens is 2. The van der Waals surface area contributed by atoms with Crippen LogP contribution in [0.15, 0.2) is 30.3 Å². The largest absolute Gasteiger partial charge is 0.339 e. The zero-order chi connectivity index (χ0) is 20.3. The van der Waals surface area contributed by atoms with Gasteiger partial charge in [0.15, 0.2) is 23.5 Å². The van der Waals surface area contributed by atoms with Crippen LogP contribution in [0.2, 0.25) is 0 Å². The van der Waals surface area contributed by atoms with Crippen LogP contribution in [0.4, 0.5) is 0 Å². The summed E-state index contributed by atoms with van der Waals surface area (Å²) in [6.07, 6.45) is 2.17. The van der Waals surface area contributed by atoms with Crippen molar-refractivity contribution in [2.24, 2.45) is 5.92 Å². The number of benzene rings is 1. The lowest BCUT2D eigenvalue weighted by molar-refractivity contribution is -0.156. The molecule has 0 amide bonds. The van der Waals surface area contributed by atoms with E-state index in [0.29, 0.717) is 24.6 Å². The van der Waals surface area contributed by atoms with Gasteiger partial charge in [0.25, 0.3) is 0 Å². The Morgan fingerprint density at radius 3 is 2.55 bits per heavy atom. The first kappa shape index (κ1) is 18.7. The first-order valence-corrected chi connectivity index (χ1v) is 10.4. The van der Waals surface area contributed by atoms with Gasteiger partial charge in [-0.3, -0.25) is 9.59 Å². The number of ether oxygens (including phenoxy) is 2. The summed E-state index contributed by atoms with van der Waals surface area (Å²) < 4.78 is 14.3. The van der Waals surface area contributed by atoms with Crippen LogP contribution in [-0.4, -0.2) is 33.0 Å². The molecule has 29 heavy (non-hydrogen) atoms. The Balaban J connectivity index is 1.44. The predicted molar refractivity (Wildman–Crippen MR) is 106 cm³/mol. The maximum Gasteiger partial charge on any atom is 0.193 e. The minimum absolute atomic E-state index is 0.168. The monoisotopic (exact) mass is 394 g/mol. The van der Waals surface area contributed by atoms with Crippen molar-refractivity contribution >= 4 is 11.6 Å². The minimum atomic E-state index is -0.881. The number of Topliss-reactive ketones (excluding diaryl/α,β-unsaturated/α-hetero) is 2. The molecule has 1 aliphatic heterocycles. The quantitative estimate of drug-likeness (QED) is 0.739. The molecule has 6 nitrogen and oxygen atoms in total. The van der Waals surface area contributed by atoms with Crippen molar-refractivity contribution < 1.29 is 19.1 Å². The summed E-state index contributed by atoms with van der Waals surface area (Å²) in [5, 5.41) is 0. The SMILES string of the molecule is Cc1nc2c(n1C1CC1)CCC(C(=O)[C@@H]1OC(C)(C)O[C@H]1c1ccccc1)C2=O. The molecule has 1 saturated heterocycles. The molecule has 5 rings (SSSR count). The van der Waals surface area contributed by atoms with Crippen LogP contribution < -0.4 is 0 Å². The molecule has 0 bridgehead atoms. The second-order valence-electron chi connectivity index (χ2n) is 8.80. The highest BCUT2D eigenvalue weighted by molar-refractivity contribution is 6.12. The average Bonchev–Trinajstić information content (AvgIpc) is 3.39. The third-order valence-electron chi connectivity index (χ3n) is 6.17. The first-order chi connectivity index (χ1) is 13.9. The van der Waals surface area contributed by atoms with Gasteiger partial charge in [0.1, 0.15) is 17.6 Å². The van der Waals surface area contributed by atoms with Crippen molar-refractivity contribution in [2.45, 2.75) is 70.5 Å². The van der Waals surface area contributed by atoms with Gasteiger partial charge in [-0.15, -0.1) is 0 Å². The van der Waals surface area contributed by atoms with E-state index in [0.717, 1.165) is 29.9 Å². The second kappa shape index (κ2) is 6.61. The summed E-state index contributed by atoms with van der Waals surface area (Å²) in [7, 11) is 0. The number of aryl methyl sites for hydroxylation is 1. The van der Waals surface area contributed by atoms with E-state index in [1.165, 1.54) is 0 Å². The van der Waals surface area contributed by atoms with E-state index in [1.54, 1.807) is 13.8 Å². The van der Waals surface area contributed by atoms with Crippen LogP contribution in [-0.2, 0) is 20.7 Å². The Hall–Kier alpha value is -2.31. The van der Waals surface area contributed by atoms with Crippen LogP contribution in [0.5, 0.6) is 0 Å². The molecule has 2 fully saturated rings. The normalized spacial score (nSPS) is 28.4. The fraction of sp³-hybridized carbons (Fsp3) is 0.522. The van der Waals surface area contributed by atoms with E-state index < -0.39 is 23.9 Å². The molecule has 6 heteroatoms. The van der Waals surface area contributed by atoms with Gasteiger partial charge in [-0.1, -0.05) is 30.3 Å². The first-order valence-electron chi connectivity index (χ1n) is 10.4. The molecule has 3 aliphatic rings. The van der Waals surface area contributed by atoms with Gasteiger partial charge in [0.05, 0.1) is 5.92 Å². The molecule has 0 N–H and O–H groups in total. The topological polar surface area (TPSA) is 70.4 Å². The number of carbonyl (C=O) groups excluding carboxylic acids is 2. The van der Waals surface area contributed by atoms with E-state index in [4.69, 9.17) is 9.47 Å². The molecule has 2 heterocycles. The average molecular weight is 394 g/mol. The van der Waals surface area contributed by atoms with E-state index in [9.17, 15) is 9.59 Å². The van der Waals surface area contributed by atoms with E-state index in [-0.39, 0.29) is 11.6 Å². The van der Waals surface area contributed by atoms with Gasteiger partial charge in [-0.25, -0.2) is 4.98 Å². The molecule has 2 aromatic rings. The van der Waals surface area contributed by atoms with Crippen LogP contribution in [0.25, 0.3) is 0 Å². The van der Waals surface area contributed by atoms with Gasteiger partial charge in [-0.2, -0.15) is 0 Å². The zero-order valence-electron chi connectivity index (χ0n) is 17.1. The van der Waals surface area contributed by atoms with Crippen LogP contribution in [0.1, 0.15) is 72.8 Å². The maximum absolute atomic E-state index is 13.5. The molecule has 152 valence electrons. The molecule has 1 aromatic heterocycles. The standard InChI is InChI=1S/C23H26N2O4/c1-13-24-18-17(25(13)15-9-10-15)12-11-16(19(18)26)20(27)22-21(28-23(2,3)29-22)14-7-5-4-6-8-14/h4-8,15-16,21-22H,9-12H2,1-3H3/t16?,21-,22-/m0/s1. The number of carbonyl (C=O) groups is 2. The lowest BCUT2D eigenvalue weighted by atomic mass is 9.82. The highest BCUT2D eigenvalue weighted by Gasteiger charge is 2.50. The molecule has 1 unspecified atom stereocenters. The molecule has 1 aromatic carbocycles. The highest BCUT2D eigenvalue weighted by Crippen LogP contribution is 2.43. The van der Waals surface area contributed by atoms with Crippen molar-refractivity contribution in [3.63, 3.8) is 0 Å². The Bertz CT molecular complexity index is 974. The van der Waals surface area contributed by atoms with Crippen molar-refractivity contribution in [1.29, 1.82) is 0 Å². The summed E-state index contributed by atoms with van der Waals surface area (Å²) in [5.74, 6) is -1.09. The second-order valence-corrected chi connectivity index (χ2v) is 8.80. The fourth-order valence-electron chi connectivity index (χ4n) is 4.75. The summed E-state index contributed by atoms with van der Waals surface area (Å²) in [5.41, 5.74) is 2.37. The minimum Gasteiger partial charge on any atom is -0.339 e. The predicted octanol–water partition coefficient (Wildman–Crippen LogP) is 3.73. The van der Waals surface area contributed by atoms with Crippen molar-refractivity contribution in [3.8, 4) is 0 Å². The Kier molecular flexibility index (Phi) is 4.26. The molecular weight excluding hydrogens is 368 g/mol. The smallest absolute Gasteiger partial charge is 0.193 e. The van der Waals surface area contributed by atoms with E-state index >= 15 is 0 Å². The summed E-state index contributed by atoms with van der Waals surface area (Å²) in [6, 6.07) is 10.1. The van der Waals surface area contributed by atoms with E-state index in [2.05, 4.69) is 9.55 Å². The Labute approximate surface area is 170 Å². The van der Waals surface area contributed by atoms with E-state index in [1.807, 2.05) is 37.3 Å². The fourth-order valence-corrected chi connectivity index (χ4v) is 4.75. The number of imidazole rings is 1. The van der Waals surface area contributed by atoms with Gasteiger partial charge in [0.2, 0.25) is 0 Å². The Morgan fingerprint density at radius 1 is 1.14 bits per heavy atom. The highest BCUT2D eigenvalue weighted by atomic mass is 16.8. The van der Waals surface area contributed by atoms with Crippen molar-refractivity contribution in [2.75, 3.05) is 0 Å². The lowest BCUT2D eigenvalue weighted by Crippen LogP contribution is -2.39. The number of ketones is 2. The number of nitrogens with zero attached hydrogens (tertiary/aromatic N) is 2. The van der Waals surface area contributed by atoms with Crippen LogP contribution >= 0.6 is 0 Å². The molecule has 2 aliphatic carbocycles. The van der Waals surface area contributed by atoms with Crippen LogP contribution in [0, 0.1) is 12.8 Å². The zero-order valence-corrected chi connectivity index (χ0v) is 17.1. The number of hydrogen-bond donors (Lipinski definition) is 0. The van der Waals surface area contributed by atoms with Gasteiger partial charge in [-0.05, 0) is 52.0 Å². The molecule has 0 spiro atoms. The number of rotatable bonds is 4. The van der Waals surface area contributed by atoms with Crippen molar-refractivity contribution in [3.05, 3.63) is 53.1 Å². The molecular formula is C23H26N2O4. The Morgan fingerprint density at radius 2 is 1.86 bits per heavy atom. The van der Waals surface area contributed by atoms with Crippen LogP contribution in [0.3, 0.4) is 0 Å². The summed E-state index contributed by atoms with van der Waals surface area (Å²) >= 11 is 0. The van der Waals surface area contributed by atoms with Crippen molar-refractivity contribution in [1.82, 2.24) is 9.55 Å². The van der Waals surface area contributed by atoms with Gasteiger partial charge >= 0.3 is 0 Å². The molecule has 0 radical (unpaired) electrons. The number of fused-ring (bicyclic) bond motifs is 1. The summed E-state index contributed by atoms with van der Waals surface area (Å²) in [6.45, 7) is 5.55. The summed E-state index contributed by atoms with van der Waals surface area (Å²) in [4.78, 5) is 31.3.